The maximum atomic E-state index is 12.9. The molecule has 37 heavy (non-hydrogen) atoms. The van der Waals surface area contributed by atoms with Gasteiger partial charge < -0.3 is 4.90 Å². The van der Waals surface area contributed by atoms with Gasteiger partial charge in [-0.3, -0.25) is 9.78 Å². The molecule has 0 bridgehead atoms. The van der Waals surface area contributed by atoms with Gasteiger partial charge in [0.25, 0.3) is 0 Å². The van der Waals surface area contributed by atoms with Gasteiger partial charge in [0.15, 0.2) is 11.2 Å². The molecule has 1 saturated heterocycles. The second kappa shape index (κ2) is 10.2. The number of hydrogen-bond acceptors (Lipinski definition) is 7. The fraction of sp³-hybridized carbons (Fsp3) is 0.517. The summed E-state index contributed by atoms with van der Waals surface area (Å²) in [7, 11) is 2.19. The average Bonchev–Trinajstić information content (AvgIpc) is 3.55. The number of Topliss-reactive ketones (excluding diaryl/α,β-unsaturated/α-hetero) is 1. The predicted molar refractivity (Wildman–Crippen MR) is 143 cm³/mol. The minimum absolute atomic E-state index is 0.210. The predicted octanol–water partition coefficient (Wildman–Crippen LogP) is 4.72. The maximum Gasteiger partial charge on any atom is 0.187 e. The van der Waals surface area contributed by atoms with Gasteiger partial charge in [-0.1, -0.05) is 11.3 Å². The zero-order valence-corrected chi connectivity index (χ0v) is 21.8. The summed E-state index contributed by atoms with van der Waals surface area (Å²) in [4.78, 5) is 29.4. The number of carbonyl (C=O) groups is 1. The van der Waals surface area contributed by atoms with Crippen LogP contribution in [-0.4, -0.2) is 60.8 Å². The number of aromatic nitrogens is 6. The first-order valence-corrected chi connectivity index (χ1v) is 13.7. The topological polar surface area (TPSA) is 89.7 Å². The maximum absolute atomic E-state index is 12.9. The molecule has 3 aromatic heterocycles. The summed E-state index contributed by atoms with van der Waals surface area (Å²) in [6.45, 7) is 4.33. The molecule has 8 heteroatoms. The Morgan fingerprint density at radius 1 is 1.00 bits per heavy atom. The second-order valence-electron chi connectivity index (χ2n) is 11.2. The highest BCUT2D eigenvalue weighted by Gasteiger charge is 2.31. The van der Waals surface area contributed by atoms with Crippen LogP contribution in [0.3, 0.4) is 0 Å². The van der Waals surface area contributed by atoms with Crippen LogP contribution in [0.5, 0.6) is 0 Å². The monoisotopic (exact) mass is 497 g/mol. The van der Waals surface area contributed by atoms with Crippen molar-refractivity contribution in [1.82, 2.24) is 34.8 Å². The fourth-order valence-corrected chi connectivity index (χ4v) is 6.09. The van der Waals surface area contributed by atoms with Crippen LogP contribution in [0.4, 0.5) is 0 Å². The molecular formula is C29H35N7O. The van der Waals surface area contributed by atoms with Crippen molar-refractivity contribution < 1.29 is 4.79 Å². The third kappa shape index (κ3) is 5.25. The number of ketones is 1. The van der Waals surface area contributed by atoms with Crippen molar-refractivity contribution >= 4 is 27.9 Å². The molecule has 1 saturated carbocycles. The van der Waals surface area contributed by atoms with Crippen molar-refractivity contribution in [2.24, 2.45) is 17.8 Å². The van der Waals surface area contributed by atoms with Crippen LogP contribution < -0.4 is 0 Å². The lowest BCUT2D eigenvalue weighted by Crippen LogP contribution is -2.30. The van der Waals surface area contributed by atoms with Crippen LogP contribution in [0.1, 0.15) is 56.5 Å². The lowest BCUT2D eigenvalue weighted by molar-refractivity contribution is -0.123. The Balaban J connectivity index is 1.11. The number of rotatable bonds is 7. The Labute approximate surface area is 217 Å². The molecule has 2 fully saturated rings. The lowest BCUT2D eigenvalue weighted by Gasteiger charge is -2.28. The number of nitrogens with zero attached hydrogens (tertiary/aromatic N) is 7. The van der Waals surface area contributed by atoms with Crippen LogP contribution >= 0.6 is 0 Å². The zero-order valence-electron chi connectivity index (χ0n) is 21.8. The van der Waals surface area contributed by atoms with E-state index in [1.807, 2.05) is 25.1 Å². The van der Waals surface area contributed by atoms with Gasteiger partial charge in [-0.2, -0.15) is 4.68 Å². The first-order valence-electron chi connectivity index (χ1n) is 13.7. The van der Waals surface area contributed by atoms with Crippen molar-refractivity contribution in [3.8, 4) is 5.69 Å². The molecule has 0 N–H and O–H groups in total. The van der Waals surface area contributed by atoms with E-state index in [4.69, 9.17) is 4.98 Å². The van der Waals surface area contributed by atoms with E-state index in [2.05, 4.69) is 44.4 Å². The van der Waals surface area contributed by atoms with Gasteiger partial charge in [-0.15, -0.1) is 5.10 Å². The first kappa shape index (κ1) is 24.1. The molecule has 6 rings (SSSR count). The van der Waals surface area contributed by atoms with Crippen LogP contribution in [0.2, 0.25) is 0 Å². The third-order valence-corrected chi connectivity index (χ3v) is 8.40. The Morgan fingerprint density at radius 3 is 2.73 bits per heavy atom. The van der Waals surface area contributed by atoms with E-state index in [1.54, 1.807) is 10.9 Å². The Hall–Kier alpha value is -3.26. The molecule has 2 atom stereocenters. The van der Waals surface area contributed by atoms with E-state index >= 15 is 0 Å². The molecule has 8 nitrogen and oxygen atoms in total. The van der Waals surface area contributed by atoms with Gasteiger partial charge in [0.2, 0.25) is 0 Å². The second-order valence-corrected chi connectivity index (χ2v) is 11.2. The molecule has 0 radical (unpaired) electrons. The Bertz CT molecular complexity index is 1420. The number of aryl methyl sites for hydroxylation is 1. The van der Waals surface area contributed by atoms with Crippen LogP contribution in [-0.2, 0) is 11.2 Å². The number of likely N-dealkylation sites (tertiary alicyclic amines) is 1. The van der Waals surface area contributed by atoms with Crippen LogP contribution in [0, 0.1) is 24.7 Å². The standard InChI is InChI=1S/C29H35N7O/c1-19-3-6-22-17-24(8-9-25(22)31-19)36-29-26(33-34-36)18-30-28(32-29)16-21-4-7-23(15-21)27(37)10-5-20-11-13-35(2)14-12-20/h3,6,8-9,17-18,20-21,23H,4-5,7,10-16H2,1-2H3/t21-,23-/m1/s1. The first-order chi connectivity index (χ1) is 18.0. The van der Waals surface area contributed by atoms with Crippen molar-refractivity contribution in [3.63, 3.8) is 0 Å². The van der Waals surface area contributed by atoms with E-state index in [-0.39, 0.29) is 5.92 Å². The number of carbonyl (C=O) groups excluding carboxylic acids is 1. The van der Waals surface area contributed by atoms with Gasteiger partial charge in [-0.05, 0) is 102 Å². The van der Waals surface area contributed by atoms with Crippen molar-refractivity contribution in [3.05, 3.63) is 48.0 Å². The number of fused-ring (bicyclic) bond motifs is 2. The normalized spacial score (nSPS) is 21.2. The molecule has 4 aromatic rings. The highest BCUT2D eigenvalue weighted by Crippen LogP contribution is 2.35. The van der Waals surface area contributed by atoms with Crippen molar-refractivity contribution in [2.75, 3.05) is 20.1 Å². The summed E-state index contributed by atoms with van der Waals surface area (Å²) in [5, 5.41) is 9.70. The molecule has 4 heterocycles. The Morgan fingerprint density at radius 2 is 1.86 bits per heavy atom. The summed E-state index contributed by atoms with van der Waals surface area (Å²) in [5.74, 6) is 2.66. The van der Waals surface area contributed by atoms with Crippen LogP contribution in [0.25, 0.3) is 27.8 Å². The number of piperidine rings is 1. The van der Waals surface area contributed by atoms with E-state index < -0.39 is 0 Å². The molecule has 2 aliphatic rings. The molecule has 0 spiro atoms. The third-order valence-electron chi connectivity index (χ3n) is 8.40. The molecule has 0 amide bonds. The largest absolute Gasteiger partial charge is 0.306 e. The van der Waals surface area contributed by atoms with Crippen molar-refractivity contribution in [1.29, 1.82) is 0 Å². The molecular weight excluding hydrogens is 462 g/mol. The molecule has 192 valence electrons. The van der Waals surface area contributed by atoms with E-state index in [0.717, 1.165) is 72.6 Å². The van der Waals surface area contributed by atoms with E-state index in [1.165, 1.54) is 25.9 Å². The van der Waals surface area contributed by atoms with Gasteiger partial charge >= 0.3 is 0 Å². The van der Waals surface area contributed by atoms with Crippen molar-refractivity contribution in [2.45, 2.75) is 58.3 Å². The number of pyridine rings is 1. The van der Waals surface area contributed by atoms with Gasteiger partial charge in [0.1, 0.15) is 11.6 Å². The SMILES string of the molecule is Cc1ccc2cc(-n3nnc4cnc(C[C@@H]5CC[C@@H](C(=O)CCC6CCN(C)CC6)C5)nc43)ccc2n1. The van der Waals surface area contributed by atoms with Crippen LogP contribution in [0.15, 0.2) is 36.5 Å². The van der Waals surface area contributed by atoms with E-state index in [9.17, 15) is 4.79 Å². The summed E-state index contributed by atoms with van der Waals surface area (Å²) in [6, 6.07) is 10.2. The number of benzene rings is 1. The fourth-order valence-electron chi connectivity index (χ4n) is 6.09. The molecule has 1 aliphatic carbocycles. The average molecular weight is 498 g/mol. The molecule has 1 aliphatic heterocycles. The minimum atomic E-state index is 0.210. The highest BCUT2D eigenvalue weighted by atomic mass is 16.1. The summed E-state index contributed by atoms with van der Waals surface area (Å²) in [6.07, 6.45) is 9.88. The smallest absolute Gasteiger partial charge is 0.187 e. The Kier molecular flexibility index (Phi) is 6.67. The summed E-state index contributed by atoms with van der Waals surface area (Å²) < 4.78 is 1.78. The summed E-state index contributed by atoms with van der Waals surface area (Å²) in [5.41, 5.74) is 4.26. The lowest BCUT2D eigenvalue weighted by atomic mass is 9.88. The minimum Gasteiger partial charge on any atom is -0.306 e. The van der Waals surface area contributed by atoms with Gasteiger partial charge in [0, 0.05) is 29.8 Å². The highest BCUT2D eigenvalue weighted by molar-refractivity contribution is 5.82. The van der Waals surface area contributed by atoms with E-state index in [0.29, 0.717) is 22.9 Å². The van der Waals surface area contributed by atoms with Gasteiger partial charge in [-0.25, -0.2) is 9.97 Å². The van der Waals surface area contributed by atoms with Gasteiger partial charge in [0.05, 0.1) is 17.4 Å². The molecule has 0 unspecified atom stereocenters. The number of hydrogen-bond donors (Lipinski definition) is 0. The molecule has 1 aromatic carbocycles. The zero-order chi connectivity index (χ0) is 25.4. The summed E-state index contributed by atoms with van der Waals surface area (Å²) >= 11 is 0. The quantitative estimate of drug-likeness (QED) is 0.365.